The largest absolute Gasteiger partial charge is 0.497 e. The minimum atomic E-state index is -0.699. The highest BCUT2D eigenvalue weighted by Crippen LogP contribution is 2.30. The second-order valence-corrected chi connectivity index (χ2v) is 5.89. The summed E-state index contributed by atoms with van der Waals surface area (Å²) in [6.07, 6.45) is -0.699. The van der Waals surface area contributed by atoms with Crippen molar-refractivity contribution in [2.24, 2.45) is 0 Å². The lowest BCUT2D eigenvalue weighted by Crippen LogP contribution is -2.01. The highest BCUT2D eigenvalue weighted by Gasteiger charge is 2.13. The van der Waals surface area contributed by atoms with Gasteiger partial charge in [0.25, 0.3) is 0 Å². The Balaban J connectivity index is 2.28. The molecule has 1 atom stereocenters. The van der Waals surface area contributed by atoms with Crippen LogP contribution in [0.4, 0.5) is 0 Å². The summed E-state index contributed by atoms with van der Waals surface area (Å²) in [5.41, 5.74) is 1.60. The molecule has 21 heavy (non-hydrogen) atoms. The molecule has 2 rings (SSSR count). The number of rotatable bonds is 6. The van der Waals surface area contributed by atoms with Gasteiger partial charge in [0.1, 0.15) is 17.6 Å². The van der Waals surface area contributed by atoms with E-state index < -0.39 is 6.10 Å². The van der Waals surface area contributed by atoms with E-state index in [1.165, 1.54) is 4.90 Å². The van der Waals surface area contributed by atoms with Crippen molar-refractivity contribution < 1.29 is 14.6 Å². The molecule has 4 heteroatoms. The predicted molar refractivity (Wildman–Crippen MR) is 86.4 cm³/mol. The summed E-state index contributed by atoms with van der Waals surface area (Å²) in [5, 5.41) is 10.5. The third kappa shape index (κ3) is 3.93. The Morgan fingerprint density at radius 3 is 2.00 bits per heavy atom. The predicted octanol–water partition coefficient (Wildman–Crippen LogP) is 3.90. The smallest absolute Gasteiger partial charge is 0.122 e. The van der Waals surface area contributed by atoms with Crippen LogP contribution in [0.5, 0.6) is 11.5 Å². The maximum atomic E-state index is 10.5. The Morgan fingerprint density at radius 1 is 0.952 bits per heavy atom. The quantitative estimate of drug-likeness (QED) is 0.822. The van der Waals surface area contributed by atoms with Gasteiger partial charge in [0.2, 0.25) is 0 Å². The van der Waals surface area contributed by atoms with Crippen molar-refractivity contribution in [2.45, 2.75) is 17.9 Å². The van der Waals surface area contributed by atoms with Crippen LogP contribution in [0.3, 0.4) is 0 Å². The summed E-state index contributed by atoms with van der Waals surface area (Å²) in [4.78, 5) is 1.21. The van der Waals surface area contributed by atoms with Gasteiger partial charge < -0.3 is 14.6 Å². The Morgan fingerprint density at radius 2 is 1.52 bits per heavy atom. The van der Waals surface area contributed by atoms with E-state index >= 15 is 0 Å². The van der Waals surface area contributed by atoms with Gasteiger partial charge in [-0.05, 0) is 41.1 Å². The van der Waals surface area contributed by atoms with E-state index in [4.69, 9.17) is 9.47 Å². The third-order valence-electron chi connectivity index (χ3n) is 3.20. The number of hydrogen-bond donors (Lipinski definition) is 1. The summed E-state index contributed by atoms with van der Waals surface area (Å²) in [6.45, 7) is 2.12. The van der Waals surface area contributed by atoms with Crippen LogP contribution in [0.25, 0.3) is 0 Å². The molecule has 0 spiro atoms. The lowest BCUT2D eigenvalue weighted by molar-refractivity contribution is 0.219. The van der Waals surface area contributed by atoms with Crippen molar-refractivity contribution in [2.75, 3.05) is 20.0 Å². The first-order valence-corrected chi connectivity index (χ1v) is 7.80. The van der Waals surface area contributed by atoms with Crippen molar-refractivity contribution in [1.29, 1.82) is 0 Å². The van der Waals surface area contributed by atoms with E-state index in [1.54, 1.807) is 32.0 Å². The van der Waals surface area contributed by atoms with E-state index in [9.17, 15) is 5.11 Å². The number of thioether (sulfide) groups is 1. The number of aliphatic hydroxyl groups excluding tert-OH is 1. The SMILES string of the molecule is CCSc1ccc(C(O)c2cc(OC)cc(OC)c2)cc1. The van der Waals surface area contributed by atoms with Crippen LogP contribution in [-0.4, -0.2) is 25.1 Å². The Hall–Kier alpha value is -1.65. The molecule has 2 aromatic rings. The van der Waals surface area contributed by atoms with Gasteiger partial charge in [0.15, 0.2) is 0 Å². The lowest BCUT2D eigenvalue weighted by atomic mass is 10.0. The molecule has 0 heterocycles. The van der Waals surface area contributed by atoms with Gasteiger partial charge >= 0.3 is 0 Å². The van der Waals surface area contributed by atoms with Crippen molar-refractivity contribution >= 4 is 11.8 Å². The Kier molecular flexibility index (Phi) is 5.53. The molecule has 0 amide bonds. The van der Waals surface area contributed by atoms with Crippen LogP contribution in [0.2, 0.25) is 0 Å². The van der Waals surface area contributed by atoms with Crippen LogP contribution < -0.4 is 9.47 Å². The molecule has 0 aliphatic heterocycles. The van der Waals surface area contributed by atoms with Crippen LogP contribution in [0.15, 0.2) is 47.4 Å². The van der Waals surface area contributed by atoms with E-state index in [1.807, 2.05) is 36.4 Å². The van der Waals surface area contributed by atoms with Crippen molar-refractivity contribution in [3.05, 3.63) is 53.6 Å². The maximum Gasteiger partial charge on any atom is 0.122 e. The van der Waals surface area contributed by atoms with E-state index in [2.05, 4.69) is 6.92 Å². The number of aliphatic hydroxyl groups is 1. The lowest BCUT2D eigenvalue weighted by Gasteiger charge is -2.14. The second kappa shape index (κ2) is 7.38. The zero-order chi connectivity index (χ0) is 15.2. The number of hydrogen-bond acceptors (Lipinski definition) is 4. The molecule has 1 unspecified atom stereocenters. The highest BCUT2D eigenvalue weighted by molar-refractivity contribution is 7.99. The fourth-order valence-corrected chi connectivity index (χ4v) is 2.75. The van der Waals surface area contributed by atoms with Gasteiger partial charge in [-0.3, -0.25) is 0 Å². The average molecular weight is 304 g/mol. The molecule has 0 radical (unpaired) electrons. The fourth-order valence-electron chi connectivity index (χ4n) is 2.09. The average Bonchev–Trinajstić information content (AvgIpc) is 2.54. The van der Waals surface area contributed by atoms with Crippen LogP contribution >= 0.6 is 11.8 Å². The van der Waals surface area contributed by atoms with Crippen molar-refractivity contribution in [3.63, 3.8) is 0 Å². The molecule has 0 fully saturated rings. The van der Waals surface area contributed by atoms with Gasteiger partial charge in [-0.25, -0.2) is 0 Å². The summed E-state index contributed by atoms with van der Waals surface area (Å²) >= 11 is 1.78. The number of methoxy groups -OCH3 is 2. The van der Waals surface area contributed by atoms with Crippen molar-refractivity contribution in [1.82, 2.24) is 0 Å². The molecule has 0 aliphatic carbocycles. The second-order valence-electron chi connectivity index (χ2n) is 4.55. The highest BCUT2D eigenvalue weighted by atomic mass is 32.2. The number of benzene rings is 2. The molecule has 0 aromatic heterocycles. The third-order valence-corrected chi connectivity index (χ3v) is 4.09. The molecule has 0 saturated carbocycles. The molecular formula is C17H20O3S. The van der Waals surface area contributed by atoms with E-state index in [0.717, 1.165) is 16.9 Å². The summed E-state index contributed by atoms with van der Waals surface area (Å²) in [7, 11) is 3.20. The van der Waals surface area contributed by atoms with E-state index in [-0.39, 0.29) is 0 Å². The van der Waals surface area contributed by atoms with Crippen LogP contribution in [-0.2, 0) is 0 Å². The Bertz CT molecular complexity index is 559. The monoisotopic (exact) mass is 304 g/mol. The summed E-state index contributed by atoms with van der Waals surface area (Å²) in [5.74, 6) is 2.37. The fraction of sp³-hybridized carbons (Fsp3) is 0.294. The van der Waals surface area contributed by atoms with Gasteiger partial charge in [-0.2, -0.15) is 0 Å². The summed E-state index contributed by atoms with van der Waals surface area (Å²) in [6, 6.07) is 13.4. The first kappa shape index (κ1) is 15.7. The zero-order valence-electron chi connectivity index (χ0n) is 12.5. The Labute approximate surface area is 129 Å². The topological polar surface area (TPSA) is 38.7 Å². The molecule has 1 N–H and O–H groups in total. The number of ether oxygens (including phenoxy) is 2. The van der Waals surface area contributed by atoms with Crippen LogP contribution in [0, 0.1) is 0 Å². The molecule has 3 nitrogen and oxygen atoms in total. The normalized spacial score (nSPS) is 12.0. The molecule has 0 aliphatic rings. The minimum Gasteiger partial charge on any atom is -0.497 e. The zero-order valence-corrected chi connectivity index (χ0v) is 13.3. The van der Waals surface area contributed by atoms with Gasteiger partial charge in [0, 0.05) is 11.0 Å². The van der Waals surface area contributed by atoms with E-state index in [0.29, 0.717) is 11.5 Å². The molecule has 112 valence electrons. The first-order valence-electron chi connectivity index (χ1n) is 6.81. The molecule has 0 bridgehead atoms. The van der Waals surface area contributed by atoms with Gasteiger partial charge in [0.05, 0.1) is 14.2 Å². The first-order chi connectivity index (χ1) is 10.2. The maximum absolute atomic E-state index is 10.5. The van der Waals surface area contributed by atoms with Gasteiger partial charge in [-0.1, -0.05) is 19.1 Å². The minimum absolute atomic E-state index is 0.668. The van der Waals surface area contributed by atoms with Crippen LogP contribution in [0.1, 0.15) is 24.2 Å². The van der Waals surface area contributed by atoms with Crippen molar-refractivity contribution in [3.8, 4) is 11.5 Å². The summed E-state index contributed by atoms with van der Waals surface area (Å²) < 4.78 is 10.5. The molecule has 2 aromatic carbocycles. The standard InChI is InChI=1S/C17H20O3S/c1-4-21-16-7-5-12(6-8-16)17(18)13-9-14(19-2)11-15(10-13)20-3/h5-11,17-18H,4H2,1-3H3. The van der Waals surface area contributed by atoms with Gasteiger partial charge in [-0.15, -0.1) is 11.8 Å². The molecular weight excluding hydrogens is 284 g/mol. The molecule has 0 saturated heterocycles.